The normalized spacial score (nSPS) is 27.3. The predicted octanol–water partition coefficient (Wildman–Crippen LogP) is 2.65. The molecule has 5 nitrogen and oxygen atoms in total. The first-order chi connectivity index (χ1) is 13.5. The molecule has 0 aliphatic carbocycles. The summed E-state index contributed by atoms with van der Waals surface area (Å²) in [4.78, 5) is 26.1. The highest BCUT2D eigenvalue weighted by Gasteiger charge is 2.48. The number of nitrogens with zero attached hydrogens (tertiary/aromatic N) is 1. The summed E-state index contributed by atoms with van der Waals surface area (Å²) < 4.78 is 6.60. The average Bonchev–Trinajstić information content (AvgIpc) is 3.24. The van der Waals surface area contributed by atoms with Crippen LogP contribution in [-0.4, -0.2) is 54.6 Å². The molecule has 2 bridgehead atoms. The van der Waals surface area contributed by atoms with Crippen molar-refractivity contribution in [2.75, 3.05) is 26.2 Å². The van der Waals surface area contributed by atoms with Gasteiger partial charge in [0.25, 0.3) is 0 Å². The molecule has 2 aromatic rings. The fraction of sp³-hybridized carbons (Fsp3) is 0.455. The van der Waals surface area contributed by atoms with Gasteiger partial charge in [-0.2, -0.15) is 0 Å². The van der Waals surface area contributed by atoms with Gasteiger partial charge in [-0.25, -0.2) is 0 Å². The van der Waals surface area contributed by atoms with Gasteiger partial charge >= 0.3 is 5.97 Å². The third-order valence-corrected chi connectivity index (χ3v) is 7.10. The molecule has 148 valence electrons. The molecule has 2 unspecified atom stereocenters. The topological polar surface area (TPSA) is 69.4 Å². The molecule has 2 N–H and O–H groups in total. The van der Waals surface area contributed by atoms with Gasteiger partial charge in [0.15, 0.2) is 6.10 Å². The Hall–Kier alpha value is -2.02. The lowest BCUT2D eigenvalue weighted by atomic mass is 9.83. The van der Waals surface area contributed by atoms with Crippen molar-refractivity contribution in [2.45, 2.75) is 31.4 Å². The van der Waals surface area contributed by atoms with Gasteiger partial charge in [0.05, 0.1) is 18.0 Å². The number of nitrogens with two attached hydrogens (primary N) is 1. The molecule has 3 aliphatic heterocycles. The predicted molar refractivity (Wildman–Crippen MR) is 109 cm³/mol. The average molecular weight is 400 g/mol. The van der Waals surface area contributed by atoms with E-state index in [0.29, 0.717) is 18.9 Å². The smallest absolute Gasteiger partial charge is 0.323 e. The van der Waals surface area contributed by atoms with Crippen LogP contribution in [-0.2, 0) is 16.0 Å². The van der Waals surface area contributed by atoms with Crippen LogP contribution in [0.1, 0.15) is 28.1 Å². The minimum absolute atomic E-state index is 0.132. The molecule has 4 heterocycles. The number of fused-ring (bicyclic) bond motifs is 3. The summed E-state index contributed by atoms with van der Waals surface area (Å²) >= 11 is 1.50. The Balaban J connectivity index is 1.37. The third kappa shape index (κ3) is 4.19. The summed E-state index contributed by atoms with van der Waals surface area (Å²) in [5.41, 5.74) is 7.14. The molecular weight excluding hydrogens is 372 g/mol. The summed E-state index contributed by atoms with van der Waals surface area (Å²) in [5.74, 6) is 0.260. The van der Waals surface area contributed by atoms with E-state index in [1.165, 1.54) is 11.3 Å². The van der Waals surface area contributed by atoms with Gasteiger partial charge in [0, 0.05) is 18.8 Å². The summed E-state index contributed by atoms with van der Waals surface area (Å²) in [6.07, 6.45) is 2.36. The fourth-order valence-corrected chi connectivity index (χ4v) is 5.24. The van der Waals surface area contributed by atoms with Crippen molar-refractivity contribution >= 4 is 23.1 Å². The Kier molecular flexibility index (Phi) is 5.62. The minimum Gasteiger partial charge on any atom is -0.455 e. The molecule has 0 saturated carbocycles. The number of thiophene rings is 1. The van der Waals surface area contributed by atoms with E-state index >= 15 is 0 Å². The van der Waals surface area contributed by atoms with E-state index in [2.05, 4.69) is 0 Å². The molecule has 28 heavy (non-hydrogen) atoms. The van der Waals surface area contributed by atoms with Gasteiger partial charge < -0.3 is 15.0 Å². The van der Waals surface area contributed by atoms with Crippen molar-refractivity contribution < 1.29 is 18.8 Å². The maximum atomic E-state index is 12.7. The molecule has 2 atom stereocenters. The second kappa shape index (κ2) is 8.15. The highest BCUT2D eigenvalue weighted by atomic mass is 32.1. The summed E-state index contributed by atoms with van der Waals surface area (Å²) in [7, 11) is 0. The molecule has 5 rings (SSSR count). The molecule has 0 amide bonds. The largest absolute Gasteiger partial charge is 0.455 e. The van der Waals surface area contributed by atoms with E-state index in [1.54, 1.807) is 0 Å². The number of rotatable bonds is 7. The van der Waals surface area contributed by atoms with Gasteiger partial charge in [0.1, 0.15) is 19.1 Å². The second-order valence-electron chi connectivity index (χ2n) is 8.14. The molecule has 6 heteroatoms. The second-order valence-corrected chi connectivity index (χ2v) is 9.09. The van der Waals surface area contributed by atoms with E-state index in [4.69, 9.17) is 10.5 Å². The van der Waals surface area contributed by atoms with Crippen molar-refractivity contribution in [3.05, 3.63) is 58.3 Å². The zero-order valence-corrected chi connectivity index (χ0v) is 16.8. The van der Waals surface area contributed by atoms with Crippen LogP contribution in [0, 0.1) is 5.92 Å². The van der Waals surface area contributed by atoms with Crippen molar-refractivity contribution in [2.24, 2.45) is 11.7 Å². The number of hydrogen-bond acceptors (Lipinski definition) is 5. The summed E-state index contributed by atoms with van der Waals surface area (Å²) in [6, 6.07) is 12.9. The van der Waals surface area contributed by atoms with Crippen LogP contribution < -0.4 is 5.73 Å². The van der Waals surface area contributed by atoms with Crippen molar-refractivity contribution in [3.63, 3.8) is 0 Å². The Morgan fingerprint density at radius 1 is 1.14 bits per heavy atom. The Labute approximate surface area is 169 Å². The third-order valence-electron chi connectivity index (χ3n) is 6.19. The summed E-state index contributed by atoms with van der Waals surface area (Å²) in [5, 5.41) is 1.94. The van der Waals surface area contributed by atoms with E-state index in [1.807, 2.05) is 47.8 Å². The lowest BCUT2D eigenvalue weighted by Gasteiger charge is -2.51. The maximum Gasteiger partial charge on any atom is 0.323 e. The molecule has 1 aromatic heterocycles. The van der Waals surface area contributed by atoms with E-state index < -0.39 is 6.04 Å². The number of hydrogen-bond donors (Lipinski definition) is 1. The maximum absolute atomic E-state index is 12.7. The zero-order valence-electron chi connectivity index (χ0n) is 16.0. The molecular formula is C22H27N2O3S+. The molecule has 3 fully saturated rings. The lowest BCUT2D eigenvalue weighted by Crippen LogP contribution is -2.66. The number of quaternary nitrogens is 1. The molecule has 0 radical (unpaired) electrons. The van der Waals surface area contributed by atoms with Crippen LogP contribution in [0.5, 0.6) is 0 Å². The highest BCUT2D eigenvalue weighted by molar-refractivity contribution is 7.12. The van der Waals surface area contributed by atoms with Crippen LogP contribution in [0.15, 0.2) is 47.8 Å². The van der Waals surface area contributed by atoms with Crippen molar-refractivity contribution in [1.29, 1.82) is 0 Å². The number of ketones is 1. The molecule has 1 aromatic carbocycles. The first-order valence-electron chi connectivity index (χ1n) is 9.96. The molecule has 3 aliphatic rings. The number of carbonyl (C=O) groups excluding carboxylic acids is 2. The van der Waals surface area contributed by atoms with E-state index in [0.717, 1.165) is 47.4 Å². The molecule has 0 spiro atoms. The van der Waals surface area contributed by atoms with Gasteiger partial charge in [-0.1, -0.05) is 36.4 Å². The first-order valence-corrected chi connectivity index (χ1v) is 10.8. The van der Waals surface area contributed by atoms with Gasteiger partial charge in [-0.05, 0) is 23.4 Å². The number of piperidine rings is 3. The number of carbonyl (C=O) groups is 2. The van der Waals surface area contributed by atoms with Crippen molar-refractivity contribution in [3.8, 4) is 0 Å². The summed E-state index contributed by atoms with van der Waals surface area (Å²) in [6.45, 7) is 3.21. The number of esters is 1. The molecule has 3 saturated heterocycles. The standard InChI is InChI=1S/C22H27N2O3S/c23-18(13-16-5-2-1-3-6-16)22(26)27-20-15-24(10-8-17(20)9-11-24)14-19(25)21-7-4-12-28-21/h1-7,12,17-18,20H,8-11,13-15,23H2/q+1. The zero-order chi connectivity index (χ0) is 19.6. The lowest BCUT2D eigenvalue weighted by molar-refractivity contribution is -0.938. The monoisotopic (exact) mass is 399 g/mol. The van der Waals surface area contributed by atoms with Crippen LogP contribution in [0.25, 0.3) is 0 Å². The Morgan fingerprint density at radius 2 is 1.89 bits per heavy atom. The number of ether oxygens (including phenoxy) is 1. The number of benzene rings is 1. The van der Waals surface area contributed by atoms with Crippen LogP contribution >= 0.6 is 11.3 Å². The SMILES string of the molecule is NC(Cc1ccccc1)C(=O)OC1C[N+]2(CC(=O)c3cccs3)CCC1CC2. The Morgan fingerprint density at radius 3 is 2.57 bits per heavy atom. The van der Waals surface area contributed by atoms with Gasteiger partial charge in [-0.3, -0.25) is 9.59 Å². The van der Waals surface area contributed by atoms with Gasteiger partial charge in [0.2, 0.25) is 5.78 Å². The van der Waals surface area contributed by atoms with E-state index in [9.17, 15) is 9.59 Å². The van der Waals surface area contributed by atoms with E-state index in [-0.39, 0.29) is 17.9 Å². The Bertz CT molecular complexity index is 814. The number of Topliss-reactive ketones (excluding diaryl/α,β-unsaturated/α-hetero) is 1. The van der Waals surface area contributed by atoms with Crippen molar-refractivity contribution in [1.82, 2.24) is 0 Å². The first kappa shape index (κ1) is 19.3. The highest BCUT2D eigenvalue weighted by Crippen LogP contribution is 2.36. The van der Waals surface area contributed by atoms with Gasteiger partial charge in [-0.15, -0.1) is 11.3 Å². The fourth-order valence-electron chi connectivity index (χ4n) is 4.58. The van der Waals surface area contributed by atoms with Crippen LogP contribution in [0.3, 0.4) is 0 Å². The van der Waals surface area contributed by atoms with Crippen LogP contribution in [0.2, 0.25) is 0 Å². The quantitative estimate of drug-likeness (QED) is 0.441. The minimum atomic E-state index is -0.654. The van der Waals surface area contributed by atoms with Crippen LogP contribution in [0.4, 0.5) is 0 Å².